The van der Waals surface area contributed by atoms with Gasteiger partial charge in [0.15, 0.2) is 0 Å². The zero-order valence-electron chi connectivity index (χ0n) is 11.4. The van der Waals surface area contributed by atoms with Crippen LogP contribution in [0.4, 0.5) is 4.79 Å². The van der Waals surface area contributed by atoms with E-state index in [1.54, 1.807) is 13.8 Å². The minimum absolute atomic E-state index is 0.118. The molecule has 2 amide bonds. The van der Waals surface area contributed by atoms with Crippen LogP contribution in [-0.4, -0.2) is 42.4 Å². The SMILES string of the molecule is CCCCOCCNC(=O)NC(C)(C)CC(=O)O. The van der Waals surface area contributed by atoms with E-state index in [0.717, 1.165) is 12.8 Å². The molecule has 0 aromatic rings. The summed E-state index contributed by atoms with van der Waals surface area (Å²) < 4.78 is 5.28. The van der Waals surface area contributed by atoms with Gasteiger partial charge in [-0.15, -0.1) is 0 Å². The average molecular weight is 260 g/mol. The molecule has 0 radical (unpaired) electrons. The summed E-state index contributed by atoms with van der Waals surface area (Å²) in [4.78, 5) is 22.0. The molecule has 0 heterocycles. The fraction of sp³-hybridized carbons (Fsp3) is 0.833. The molecule has 0 saturated heterocycles. The molecule has 0 spiro atoms. The van der Waals surface area contributed by atoms with Crippen LogP contribution in [0.5, 0.6) is 0 Å². The lowest BCUT2D eigenvalue weighted by molar-refractivity contribution is -0.138. The van der Waals surface area contributed by atoms with E-state index in [1.807, 2.05) is 0 Å². The Bertz CT molecular complexity index is 267. The highest BCUT2D eigenvalue weighted by molar-refractivity contribution is 5.76. The number of ether oxygens (including phenoxy) is 1. The number of urea groups is 1. The number of carbonyl (C=O) groups excluding carboxylic acids is 1. The van der Waals surface area contributed by atoms with Crippen LogP contribution < -0.4 is 10.6 Å². The first-order valence-electron chi connectivity index (χ1n) is 6.23. The van der Waals surface area contributed by atoms with Crippen molar-refractivity contribution in [3.63, 3.8) is 0 Å². The number of amides is 2. The molecular weight excluding hydrogens is 236 g/mol. The average Bonchev–Trinajstić information content (AvgIpc) is 2.20. The van der Waals surface area contributed by atoms with E-state index in [2.05, 4.69) is 17.6 Å². The maximum Gasteiger partial charge on any atom is 0.315 e. The number of unbranched alkanes of at least 4 members (excludes halogenated alkanes) is 1. The lowest BCUT2D eigenvalue weighted by atomic mass is 10.0. The Morgan fingerprint density at radius 3 is 2.50 bits per heavy atom. The van der Waals surface area contributed by atoms with E-state index >= 15 is 0 Å². The number of carboxylic acids is 1. The van der Waals surface area contributed by atoms with Crippen molar-refractivity contribution in [1.29, 1.82) is 0 Å². The monoisotopic (exact) mass is 260 g/mol. The summed E-state index contributed by atoms with van der Waals surface area (Å²) in [7, 11) is 0. The van der Waals surface area contributed by atoms with Crippen LogP contribution in [0.3, 0.4) is 0 Å². The van der Waals surface area contributed by atoms with Gasteiger partial charge in [-0.1, -0.05) is 13.3 Å². The highest BCUT2D eigenvalue weighted by Gasteiger charge is 2.23. The molecule has 0 bridgehead atoms. The van der Waals surface area contributed by atoms with E-state index in [-0.39, 0.29) is 12.5 Å². The molecule has 0 aliphatic heterocycles. The molecular formula is C12H24N2O4. The number of hydrogen-bond donors (Lipinski definition) is 3. The highest BCUT2D eigenvalue weighted by Crippen LogP contribution is 2.07. The first-order valence-corrected chi connectivity index (χ1v) is 6.23. The van der Waals surface area contributed by atoms with Crippen molar-refractivity contribution in [1.82, 2.24) is 10.6 Å². The van der Waals surface area contributed by atoms with E-state index in [4.69, 9.17) is 9.84 Å². The molecule has 6 heteroatoms. The molecule has 3 N–H and O–H groups in total. The van der Waals surface area contributed by atoms with Crippen molar-refractivity contribution >= 4 is 12.0 Å². The lowest BCUT2D eigenvalue weighted by Gasteiger charge is -2.24. The Balaban J connectivity index is 3.67. The van der Waals surface area contributed by atoms with Crippen LogP contribution in [0.25, 0.3) is 0 Å². The summed E-state index contributed by atoms with van der Waals surface area (Å²) in [6.07, 6.45) is 1.97. The predicted octanol–water partition coefficient (Wildman–Crippen LogP) is 1.36. The topological polar surface area (TPSA) is 87.7 Å². The molecule has 0 rings (SSSR count). The number of carboxylic acid groups (broad SMARTS) is 1. The Morgan fingerprint density at radius 2 is 1.94 bits per heavy atom. The maximum absolute atomic E-state index is 11.5. The second-order valence-electron chi connectivity index (χ2n) is 4.80. The van der Waals surface area contributed by atoms with Crippen molar-refractivity contribution in [3.05, 3.63) is 0 Å². The van der Waals surface area contributed by atoms with Crippen LogP contribution in [0, 0.1) is 0 Å². The Hall–Kier alpha value is -1.30. The minimum Gasteiger partial charge on any atom is -0.481 e. The van der Waals surface area contributed by atoms with Gasteiger partial charge in [0.25, 0.3) is 0 Å². The second kappa shape index (κ2) is 8.74. The van der Waals surface area contributed by atoms with Gasteiger partial charge in [-0.05, 0) is 20.3 Å². The molecule has 18 heavy (non-hydrogen) atoms. The zero-order valence-corrected chi connectivity index (χ0v) is 11.4. The van der Waals surface area contributed by atoms with Gasteiger partial charge < -0.3 is 20.5 Å². The van der Waals surface area contributed by atoms with Crippen molar-refractivity contribution < 1.29 is 19.4 Å². The number of carbonyl (C=O) groups is 2. The summed E-state index contributed by atoms with van der Waals surface area (Å²) in [5.41, 5.74) is -0.765. The molecule has 0 aromatic heterocycles. The van der Waals surface area contributed by atoms with Gasteiger partial charge in [0.1, 0.15) is 0 Å². The number of hydrogen-bond acceptors (Lipinski definition) is 3. The summed E-state index contributed by atoms with van der Waals surface area (Å²) in [5.74, 6) is -0.941. The van der Waals surface area contributed by atoms with Crippen LogP contribution >= 0.6 is 0 Å². The van der Waals surface area contributed by atoms with Crippen LogP contribution in [0.2, 0.25) is 0 Å². The van der Waals surface area contributed by atoms with Crippen LogP contribution in [0.15, 0.2) is 0 Å². The van der Waals surface area contributed by atoms with Crippen LogP contribution in [0.1, 0.15) is 40.0 Å². The Kier molecular flexibility index (Phi) is 8.11. The van der Waals surface area contributed by atoms with Crippen molar-refractivity contribution in [2.24, 2.45) is 0 Å². The predicted molar refractivity (Wildman–Crippen MR) is 68.6 cm³/mol. The third-order valence-electron chi connectivity index (χ3n) is 2.22. The van der Waals surface area contributed by atoms with Gasteiger partial charge >= 0.3 is 12.0 Å². The fourth-order valence-electron chi connectivity index (χ4n) is 1.36. The number of rotatable bonds is 9. The highest BCUT2D eigenvalue weighted by atomic mass is 16.5. The standard InChI is InChI=1S/C12H24N2O4/c1-4-5-7-18-8-6-13-11(17)14-12(2,3)9-10(15)16/h4-9H2,1-3H3,(H,15,16)(H2,13,14,17). The Labute approximate surface area is 108 Å². The normalized spacial score (nSPS) is 11.1. The van der Waals surface area contributed by atoms with Gasteiger partial charge in [-0.3, -0.25) is 4.79 Å². The van der Waals surface area contributed by atoms with Gasteiger partial charge in [0, 0.05) is 18.7 Å². The first-order chi connectivity index (χ1) is 8.37. The van der Waals surface area contributed by atoms with E-state index in [0.29, 0.717) is 19.8 Å². The van der Waals surface area contributed by atoms with Gasteiger partial charge in [0.2, 0.25) is 0 Å². The molecule has 0 aliphatic carbocycles. The van der Waals surface area contributed by atoms with E-state index < -0.39 is 11.5 Å². The van der Waals surface area contributed by atoms with Crippen molar-refractivity contribution in [2.75, 3.05) is 19.8 Å². The second-order valence-corrected chi connectivity index (χ2v) is 4.80. The summed E-state index contributed by atoms with van der Waals surface area (Å²) in [6.45, 7) is 6.99. The first kappa shape index (κ1) is 16.7. The molecule has 0 aliphatic rings. The maximum atomic E-state index is 11.5. The molecule has 106 valence electrons. The largest absolute Gasteiger partial charge is 0.481 e. The third-order valence-corrected chi connectivity index (χ3v) is 2.22. The molecule has 0 saturated carbocycles. The van der Waals surface area contributed by atoms with Crippen LogP contribution in [-0.2, 0) is 9.53 Å². The number of nitrogens with one attached hydrogen (secondary N) is 2. The summed E-state index contributed by atoms with van der Waals surface area (Å²) in [6, 6.07) is -0.375. The molecule has 0 unspecified atom stereocenters. The Morgan fingerprint density at radius 1 is 1.28 bits per heavy atom. The van der Waals surface area contributed by atoms with Gasteiger partial charge in [-0.25, -0.2) is 4.79 Å². The minimum atomic E-state index is -0.941. The molecule has 6 nitrogen and oxygen atoms in total. The third kappa shape index (κ3) is 9.89. The summed E-state index contributed by atoms with van der Waals surface area (Å²) >= 11 is 0. The van der Waals surface area contributed by atoms with Crippen molar-refractivity contribution in [3.8, 4) is 0 Å². The zero-order chi connectivity index (χ0) is 14.0. The lowest BCUT2D eigenvalue weighted by Crippen LogP contribution is -2.49. The molecule has 0 atom stereocenters. The van der Waals surface area contributed by atoms with Gasteiger partial charge in [0.05, 0.1) is 13.0 Å². The summed E-state index contributed by atoms with van der Waals surface area (Å²) in [5, 5.41) is 13.9. The van der Waals surface area contributed by atoms with Crippen molar-refractivity contribution in [2.45, 2.75) is 45.6 Å². The van der Waals surface area contributed by atoms with Gasteiger partial charge in [-0.2, -0.15) is 0 Å². The fourth-order valence-corrected chi connectivity index (χ4v) is 1.36. The van der Waals surface area contributed by atoms with E-state index in [1.165, 1.54) is 0 Å². The van der Waals surface area contributed by atoms with E-state index in [9.17, 15) is 9.59 Å². The number of aliphatic carboxylic acids is 1. The molecule has 0 fully saturated rings. The molecule has 0 aromatic carbocycles. The smallest absolute Gasteiger partial charge is 0.315 e. The quantitative estimate of drug-likeness (QED) is 0.546.